The summed E-state index contributed by atoms with van der Waals surface area (Å²) in [4.78, 5) is 59.0. The molecule has 0 aliphatic carbocycles. The number of ether oxygens (including phenoxy) is 3. The molecule has 123 heavy (non-hydrogen) atoms. The number of aliphatic hydroxyl groups excluding tert-OH is 2. The number of phosphoric ester groups is 2. The molecule has 0 heterocycles. The van der Waals surface area contributed by atoms with Crippen LogP contribution in [0.25, 0.3) is 0 Å². The van der Waals surface area contributed by atoms with E-state index in [1.54, 1.807) is 0 Å². The number of rotatable bonds is 89. The monoisotopic (exact) mass is 1750 g/mol. The summed E-state index contributed by atoms with van der Waals surface area (Å²) < 4.78 is 61.5. The summed E-state index contributed by atoms with van der Waals surface area (Å²) in [5.74, 6) is -1.63. The smallest absolute Gasteiger partial charge is 0.463 e. The highest BCUT2D eigenvalue weighted by atomic mass is 31.2. The summed E-state index contributed by atoms with van der Waals surface area (Å²) in [5.41, 5.74) is 0. The van der Waals surface area contributed by atoms with E-state index in [9.17, 15) is 43.5 Å². The minimum Gasteiger partial charge on any atom is -0.463 e. The first-order valence-corrected chi connectivity index (χ1v) is 51.0. The van der Waals surface area contributed by atoms with Crippen LogP contribution < -0.4 is 0 Å². The first kappa shape index (κ1) is 117. The standard InChI is InChI=1S/C105H172O16P2/c1-4-7-10-13-16-19-22-25-28-31-34-37-39-41-43-45-47-48-49-50-52-54-55-57-59-62-64-67-70-73-76-79-82-85-88-91-103(108)115-94-100(106)95-117-122(111,112)118-96-101(107)97-119-123(113,114)120-99-102(121-105(110)93-90-87-84-81-78-75-72-69-66-61-36-33-30-27-24-21-18-15-12-9-6-3)98-116-104(109)92-89-86-83-80-77-74-71-68-65-63-60-58-56-53-51-46-44-42-40-38-35-32-29-26-23-20-17-14-11-8-5-2/h7-12,16-21,25-30,34-38,41-44,47-48,51,53,61,69,72,78,81,100-102,106-107H,4-6,13-15,22-24,31-33,39-40,45-46,49-50,52,54-60,62-68,70-71,73-77,79-80,82-99H2,1-3H3,(H,111,112)(H,113,114)/b10-7-,11-8-,12-9-,19-16-,20-17-,21-18-,28-25-,29-26-,30-27-,37-34-,38-35-,43-41-,44-42-,48-47-,53-51-,61-36-,72-69-,81-78-. The Morgan fingerprint density at radius 3 is 0.659 bits per heavy atom. The summed E-state index contributed by atoms with van der Waals surface area (Å²) in [6, 6.07) is 0. The fourth-order valence-corrected chi connectivity index (χ4v) is 14.1. The zero-order valence-electron chi connectivity index (χ0n) is 77.0. The Morgan fingerprint density at radius 1 is 0.228 bits per heavy atom. The molecule has 0 aliphatic heterocycles. The molecule has 16 nitrogen and oxygen atoms in total. The van der Waals surface area contributed by atoms with Crippen LogP contribution in [-0.2, 0) is 55.8 Å². The highest BCUT2D eigenvalue weighted by molar-refractivity contribution is 7.47. The first-order valence-electron chi connectivity index (χ1n) is 48.0. The number of allylic oxidation sites excluding steroid dienone is 36. The largest absolute Gasteiger partial charge is 0.472 e. The van der Waals surface area contributed by atoms with Gasteiger partial charge in [0.25, 0.3) is 0 Å². The minimum atomic E-state index is -4.96. The molecule has 0 radical (unpaired) electrons. The zero-order chi connectivity index (χ0) is 89.3. The van der Waals surface area contributed by atoms with Crippen LogP contribution in [0.2, 0.25) is 0 Å². The van der Waals surface area contributed by atoms with Gasteiger partial charge in [0.15, 0.2) is 6.10 Å². The molecule has 0 spiro atoms. The Kier molecular flexibility index (Phi) is 90.3. The second kappa shape index (κ2) is 95.0. The Morgan fingerprint density at radius 2 is 0.407 bits per heavy atom. The van der Waals surface area contributed by atoms with E-state index in [0.29, 0.717) is 25.7 Å². The van der Waals surface area contributed by atoms with E-state index >= 15 is 0 Å². The Balaban J connectivity index is 4.59. The van der Waals surface area contributed by atoms with Crippen molar-refractivity contribution in [2.24, 2.45) is 0 Å². The van der Waals surface area contributed by atoms with E-state index < -0.39 is 91.5 Å². The van der Waals surface area contributed by atoms with Crippen LogP contribution in [0.3, 0.4) is 0 Å². The van der Waals surface area contributed by atoms with Gasteiger partial charge in [-0.3, -0.25) is 32.5 Å². The Hall–Kier alpha value is -6.13. The van der Waals surface area contributed by atoms with Gasteiger partial charge >= 0.3 is 33.6 Å². The Bertz CT molecular complexity index is 3120. The number of hydrogen-bond donors (Lipinski definition) is 4. The third-order valence-electron chi connectivity index (χ3n) is 19.7. The number of phosphoric acid groups is 2. The fraction of sp³-hybridized carbons (Fsp3) is 0.629. The van der Waals surface area contributed by atoms with Gasteiger partial charge in [-0.25, -0.2) is 9.13 Å². The van der Waals surface area contributed by atoms with E-state index in [2.05, 4.69) is 240 Å². The molecular formula is C105H172O16P2. The lowest BCUT2D eigenvalue weighted by molar-refractivity contribution is -0.161. The van der Waals surface area contributed by atoms with Gasteiger partial charge < -0.3 is 34.2 Å². The molecule has 0 aliphatic rings. The van der Waals surface area contributed by atoms with Gasteiger partial charge in [-0.2, -0.15) is 0 Å². The minimum absolute atomic E-state index is 0.0422. The summed E-state index contributed by atoms with van der Waals surface area (Å²) in [5, 5.41) is 20.8. The van der Waals surface area contributed by atoms with Crippen molar-refractivity contribution in [1.29, 1.82) is 0 Å². The molecule has 698 valence electrons. The van der Waals surface area contributed by atoms with Gasteiger partial charge in [0.1, 0.15) is 25.4 Å². The lowest BCUT2D eigenvalue weighted by atomic mass is 10.0. The van der Waals surface area contributed by atoms with Crippen molar-refractivity contribution in [2.75, 3.05) is 39.6 Å². The van der Waals surface area contributed by atoms with E-state index in [1.165, 1.54) is 128 Å². The molecule has 0 saturated carbocycles. The van der Waals surface area contributed by atoms with Gasteiger partial charge in [0.2, 0.25) is 0 Å². The molecule has 0 aromatic carbocycles. The molecule has 0 saturated heterocycles. The van der Waals surface area contributed by atoms with Crippen molar-refractivity contribution >= 4 is 33.6 Å². The van der Waals surface area contributed by atoms with Crippen LogP contribution in [-0.4, -0.2) is 95.9 Å². The van der Waals surface area contributed by atoms with Crippen LogP contribution in [0.5, 0.6) is 0 Å². The lowest BCUT2D eigenvalue weighted by Gasteiger charge is -2.21. The highest BCUT2D eigenvalue weighted by Crippen LogP contribution is 2.45. The van der Waals surface area contributed by atoms with E-state index in [1.807, 2.05) is 0 Å². The van der Waals surface area contributed by atoms with Crippen molar-refractivity contribution in [3.63, 3.8) is 0 Å². The summed E-state index contributed by atoms with van der Waals surface area (Å²) >= 11 is 0. The van der Waals surface area contributed by atoms with Crippen molar-refractivity contribution in [3.05, 3.63) is 219 Å². The van der Waals surface area contributed by atoms with Crippen LogP contribution >= 0.6 is 15.6 Å². The van der Waals surface area contributed by atoms with Gasteiger partial charge in [0, 0.05) is 19.3 Å². The molecule has 0 rings (SSSR count). The van der Waals surface area contributed by atoms with Crippen molar-refractivity contribution in [1.82, 2.24) is 0 Å². The molecule has 0 aromatic heterocycles. The second-order valence-electron chi connectivity index (χ2n) is 31.4. The number of carbonyl (C=O) groups excluding carboxylic acids is 3. The number of carbonyl (C=O) groups is 3. The van der Waals surface area contributed by atoms with Gasteiger partial charge in [-0.1, -0.05) is 394 Å². The normalized spacial score (nSPS) is 14.7. The summed E-state index contributed by atoms with van der Waals surface area (Å²) in [6.45, 7) is 2.31. The molecule has 0 aromatic rings. The average molecular weight is 1750 g/mol. The lowest BCUT2D eigenvalue weighted by Crippen LogP contribution is -2.30. The predicted molar refractivity (Wildman–Crippen MR) is 518 cm³/mol. The molecule has 4 N–H and O–H groups in total. The molecule has 5 atom stereocenters. The van der Waals surface area contributed by atoms with Crippen molar-refractivity contribution in [2.45, 2.75) is 386 Å². The molecule has 0 bridgehead atoms. The van der Waals surface area contributed by atoms with Gasteiger partial charge in [-0.15, -0.1) is 0 Å². The molecule has 0 amide bonds. The summed E-state index contributed by atoms with van der Waals surface area (Å²) in [7, 11) is -9.84. The maximum atomic E-state index is 13.1. The molecule has 0 fully saturated rings. The average Bonchev–Trinajstić information content (AvgIpc) is 0.898. The number of esters is 3. The van der Waals surface area contributed by atoms with E-state index in [4.69, 9.17) is 32.3 Å². The van der Waals surface area contributed by atoms with Crippen molar-refractivity contribution < 1.29 is 75.8 Å². The maximum Gasteiger partial charge on any atom is 0.472 e. The van der Waals surface area contributed by atoms with Crippen LogP contribution in [0.1, 0.15) is 367 Å². The third kappa shape index (κ3) is 96.4. The van der Waals surface area contributed by atoms with Crippen molar-refractivity contribution in [3.8, 4) is 0 Å². The fourth-order valence-electron chi connectivity index (χ4n) is 12.5. The maximum absolute atomic E-state index is 13.1. The van der Waals surface area contributed by atoms with Gasteiger partial charge in [-0.05, 0) is 173 Å². The molecular weight excluding hydrogens is 1580 g/mol. The Labute approximate surface area is 749 Å². The number of unbranched alkanes of at least 4 members (excludes halogenated alkanes) is 30. The highest BCUT2D eigenvalue weighted by Gasteiger charge is 2.29. The van der Waals surface area contributed by atoms with E-state index in [0.717, 1.165) is 173 Å². The predicted octanol–water partition coefficient (Wildman–Crippen LogP) is 30.1. The third-order valence-corrected chi connectivity index (χ3v) is 21.6. The molecule has 5 unspecified atom stereocenters. The number of hydrogen-bond acceptors (Lipinski definition) is 14. The van der Waals surface area contributed by atoms with E-state index in [-0.39, 0.29) is 19.3 Å². The molecule has 18 heteroatoms. The van der Waals surface area contributed by atoms with Crippen LogP contribution in [0.15, 0.2) is 219 Å². The second-order valence-corrected chi connectivity index (χ2v) is 34.3. The summed E-state index contributed by atoms with van der Waals surface area (Å²) in [6.07, 6.45) is 130. The van der Waals surface area contributed by atoms with Crippen LogP contribution in [0, 0.1) is 0 Å². The quantitative estimate of drug-likeness (QED) is 0.0146. The number of aliphatic hydroxyl groups is 2. The SMILES string of the molecule is CC/C=C\C/C=C\C/C=C\C/C=C\C/C=C\C/C=C\CCCCCCCCCCCCCCCCCCC(=O)OCC(O)COP(=O)(O)OCC(O)COP(=O)(O)OCC(COC(=O)CCCCCCCCCCCCCC/C=C\C/C=C\C/C=C\C/C=C\C/C=C\C/C=C\CC)OC(=O)CCCC/C=C\C/C=C\C/C=C\C/C=C\C/C=C\C/C=C\CC. The first-order chi connectivity index (χ1) is 60.2. The zero-order valence-corrected chi connectivity index (χ0v) is 78.8. The van der Waals surface area contributed by atoms with Crippen LogP contribution in [0.4, 0.5) is 0 Å². The topological polar surface area (TPSA) is 231 Å². The van der Waals surface area contributed by atoms with Gasteiger partial charge in [0.05, 0.1) is 26.4 Å².